The van der Waals surface area contributed by atoms with E-state index in [2.05, 4.69) is 12.8 Å². The summed E-state index contributed by atoms with van der Waals surface area (Å²) in [5, 5.41) is 0. The molecule has 0 radical (unpaired) electrons. The fourth-order valence-corrected chi connectivity index (χ4v) is 2.53. The molecule has 1 rings (SSSR count). The van der Waals surface area contributed by atoms with E-state index in [0.717, 1.165) is 32.2 Å². The second kappa shape index (κ2) is 6.55. The van der Waals surface area contributed by atoms with E-state index in [1.807, 2.05) is 0 Å². The molecule has 1 fully saturated rings. The molecule has 3 heteroatoms. The number of amides is 1. The van der Waals surface area contributed by atoms with Crippen LogP contribution in [0.15, 0.2) is 0 Å². The Morgan fingerprint density at radius 1 is 1.56 bits per heavy atom. The molecule has 0 bridgehead atoms. The maximum atomic E-state index is 12.3. The van der Waals surface area contributed by atoms with E-state index in [1.54, 1.807) is 4.90 Å². The van der Waals surface area contributed by atoms with Crippen LogP contribution >= 0.6 is 0 Å². The first-order valence-electron chi connectivity index (χ1n) is 6.16. The average Bonchev–Trinajstić information content (AvgIpc) is 2.75. The lowest BCUT2D eigenvalue weighted by atomic mass is 9.94. The fourth-order valence-electron chi connectivity index (χ4n) is 2.53. The minimum absolute atomic E-state index is 0.116. The van der Waals surface area contributed by atoms with Crippen LogP contribution in [0.5, 0.6) is 0 Å². The Labute approximate surface area is 98.4 Å². The first-order valence-corrected chi connectivity index (χ1v) is 6.16. The highest BCUT2D eigenvalue weighted by Crippen LogP contribution is 2.32. The number of nitrogens with two attached hydrogens (primary N) is 1. The molecule has 1 aliphatic carbocycles. The molecule has 0 aliphatic heterocycles. The quantitative estimate of drug-likeness (QED) is 0.711. The number of carbonyl (C=O) groups excluding carboxylic acids is 1. The summed E-state index contributed by atoms with van der Waals surface area (Å²) in [5.74, 6) is 3.26. The highest BCUT2D eigenvalue weighted by molar-refractivity contribution is 5.79. The second-order valence-electron chi connectivity index (χ2n) is 4.50. The second-order valence-corrected chi connectivity index (χ2v) is 4.50. The van der Waals surface area contributed by atoms with Gasteiger partial charge in [0.2, 0.25) is 5.91 Å². The topological polar surface area (TPSA) is 46.3 Å². The van der Waals surface area contributed by atoms with Crippen LogP contribution in [0, 0.1) is 24.2 Å². The summed E-state index contributed by atoms with van der Waals surface area (Å²) in [5.41, 5.74) is 5.70. The van der Waals surface area contributed by atoms with Gasteiger partial charge in [-0.25, -0.2) is 0 Å². The average molecular weight is 222 g/mol. The molecular weight excluding hydrogens is 200 g/mol. The van der Waals surface area contributed by atoms with Gasteiger partial charge in [0.15, 0.2) is 0 Å². The van der Waals surface area contributed by atoms with Gasteiger partial charge in [-0.15, -0.1) is 6.42 Å². The SMILES string of the molecule is C#CCN(CCC)C(=O)C1CCCC1CN. The van der Waals surface area contributed by atoms with E-state index in [-0.39, 0.29) is 11.8 Å². The number of nitrogens with zero attached hydrogens (tertiary/aromatic N) is 1. The molecule has 90 valence electrons. The molecule has 0 aromatic carbocycles. The van der Waals surface area contributed by atoms with Gasteiger partial charge in [-0.1, -0.05) is 19.3 Å². The van der Waals surface area contributed by atoms with E-state index in [1.165, 1.54) is 0 Å². The van der Waals surface area contributed by atoms with Crippen molar-refractivity contribution in [1.29, 1.82) is 0 Å². The van der Waals surface area contributed by atoms with Crippen LogP contribution in [0.1, 0.15) is 32.6 Å². The zero-order valence-electron chi connectivity index (χ0n) is 10.1. The molecule has 16 heavy (non-hydrogen) atoms. The number of carbonyl (C=O) groups is 1. The largest absolute Gasteiger partial charge is 0.331 e. The highest BCUT2D eigenvalue weighted by atomic mass is 16.2. The van der Waals surface area contributed by atoms with Crippen LogP contribution in [0.3, 0.4) is 0 Å². The van der Waals surface area contributed by atoms with Crippen LogP contribution in [-0.2, 0) is 4.79 Å². The minimum Gasteiger partial charge on any atom is -0.331 e. The van der Waals surface area contributed by atoms with E-state index >= 15 is 0 Å². The van der Waals surface area contributed by atoms with Crippen molar-refractivity contribution in [3.8, 4) is 12.3 Å². The highest BCUT2D eigenvalue weighted by Gasteiger charge is 2.34. The zero-order valence-corrected chi connectivity index (χ0v) is 10.1. The third kappa shape index (κ3) is 2.99. The molecule has 0 saturated heterocycles. The number of terminal acetylenes is 1. The minimum atomic E-state index is 0.116. The summed E-state index contributed by atoms with van der Waals surface area (Å²) in [6.45, 7) is 3.87. The van der Waals surface area contributed by atoms with Gasteiger partial charge in [0, 0.05) is 12.5 Å². The Morgan fingerprint density at radius 2 is 2.31 bits per heavy atom. The Hall–Kier alpha value is -1.01. The molecule has 2 unspecified atom stereocenters. The molecule has 0 spiro atoms. The molecule has 2 N–H and O–H groups in total. The van der Waals surface area contributed by atoms with Crippen molar-refractivity contribution in [1.82, 2.24) is 4.90 Å². The smallest absolute Gasteiger partial charge is 0.226 e. The molecule has 1 aliphatic rings. The molecule has 1 saturated carbocycles. The van der Waals surface area contributed by atoms with Gasteiger partial charge in [-0.05, 0) is 31.7 Å². The predicted molar refractivity (Wildman–Crippen MR) is 65.6 cm³/mol. The normalized spacial score (nSPS) is 24.1. The standard InChI is InChI=1S/C13H22N2O/c1-3-8-15(9-4-2)13(16)12-7-5-6-11(12)10-14/h1,11-12H,4-10,14H2,2H3. The zero-order chi connectivity index (χ0) is 12.0. The van der Waals surface area contributed by atoms with Crippen LogP contribution in [-0.4, -0.2) is 30.4 Å². The fraction of sp³-hybridized carbons (Fsp3) is 0.769. The van der Waals surface area contributed by atoms with Crippen molar-refractivity contribution in [3.05, 3.63) is 0 Å². The lowest BCUT2D eigenvalue weighted by Gasteiger charge is -2.26. The van der Waals surface area contributed by atoms with Crippen LogP contribution in [0.25, 0.3) is 0 Å². The number of hydrogen-bond donors (Lipinski definition) is 1. The van der Waals surface area contributed by atoms with Crippen LogP contribution < -0.4 is 5.73 Å². The van der Waals surface area contributed by atoms with E-state index in [0.29, 0.717) is 19.0 Å². The van der Waals surface area contributed by atoms with E-state index in [4.69, 9.17) is 12.2 Å². The summed E-state index contributed by atoms with van der Waals surface area (Å²) in [7, 11) is 0. The van der Waals surface area contributed by atoms with Crippen molar-refractivity contribution in [2.45, 2.75) is 32.6 Å². The van der Waals surface area contributed by atoms with Crippen molar-refractivity contribution in [3.63, 3.8) is 0 Å². The number of hydrogen-bond acceptors (Lipinski definition) is 2. The Kier molecular flexibility index (Phi) is 5.34. The lowest BCUT2D eigenvalue weighted by molar-refractivity contribution is -0.136. The van der Waals surface area contributed by atoms with Crippen molar-refractivity contribution < 1.29 is 4.79 Å². The third-order valence-electron chi connectivity index (χ3n) is 3.37. The Balaban J connectivity index is 2.62. The maximum Gasteiger partial charge on any atom is 0.226 e. The van der Waals surface area contributed by atoms with Crippen molar-refractivity contribution in [2.24, 2.45) is 17.6 Å². The summed E-state index contributed by atoms with van der Waals surface area (Å²) >= 11 is 0. The van der Waals surface area contributed by atoms with E-state index < -0.39 is 0 Å². The van der Waals surface area contributed by atoms with Gasteiger partial charge in [0.25, 0.3) is 0 Å². The lowest BCUT2D eigenvalue weighted by Crippen LogP contribution is -2.39. The van der Waals surface area contributed by atoms with E-state index in [9.17, 15) is 4.79 Å². The number of rotatable bonds is 5. The maximum absolute atomic E-state index is 12.3. The molecule has 0 aromatic rings. The predicted octanol–water partition coefficient (Wildman–Crippen LogP) is 1.23. The van der Waals surface area contributed by atoms with Crippen molar-refractivity contribution in [2.75, 3.05) is 19.6 Å². The molecular formula is C13H22N2O. The van der Waals surface area contributed by atoms with Crippen LogP contribution in [0.2, 0.25) is 0 Å². The third-order valence-corrected chi connectivity index (χ3v) is 3.37. The van der Waals surface area contributed by atoms with Gasteiger partial charge in [-0.3, -0.25) is 4.79 Å². The molecule has 3 nitrogen and oxygen atoms in total. The summed E-state index contributed by atoms with van der Waals surface area (Å²) < 4.78 is 0. The molecule has 2 atom stereocenters. The summed E-state index contributed by atoms with van der Waals surface area (Å²) in [4.78, 5) is 14.1. The Bertz CT molecular complexity index is 270. The van der Waals surface area contributed by atoms with Gasteiger partial charge in [0.05, 0.1) is 6.54 Å². The Morgan fingerprint density at radius 3 is 2.88 bits per heavy atom. The first kappa shape index (κ1) is 13.1. The summed E-state index contributed by atoms with van der Waals surface area (Å²) in [6, 6.07) is 0. The first-order chi connectivity index (χ1) is 7.74. The van der Waals surface area contributed by atoms with Crippen LogP contribution in [0.4, 0.5) is 0 Å². The van der Waals surface area contributed by atoms with Gasteiger partial charge in [0.1, 0.15) is 0 Å². The van der Waals surface area contributed by atoms with Gasteiger partial charge >= 0.3 is 0 Å². The van der Waals surface area contributed by atoms with Gasteiger partial charge < -0.3 is 10.6 Å². The molecule has 1 amide bonds. The molecule has 0 aromatic heterocycles. The summed E-state index contributed by atoms with van der Waals surface area (Å²) in [6.07, 6.45) is 9.43. The molecule has 0 heterocycles. The van der Waals surface area contributed by atoms with Crippen molar-refractivity contribution >= 4 is 5.91 Å². The monoisotopic (exact) mass is 222 g/mol. The van der Waals surface area contributed by atoms with Gasteiger partial charge in [-0.2, -0.15) is 0 Å².